The molecule has 4 fully saturated rings. The highest BCUT2D eigenvalue weighted by atomic mass is 16.1. The highest BCUT2D eigenvalue weighted by molar-refractivity contribution is 5.91. The van der Waals surface area contributed by atoms with E-state index in [1.54, 1.807) is 0 Å². The Kier molecular flexibility index (Phi) is 3.31. The van der Waals surface area contributed by atoms with Gasteiger partial charge in [-0.3, -0.25) is 4.79 Å². The van der Waals surface area contributed by atoms with E-state index in [4.69, 9.17) is 0 Å². The average Bonchev–Trinajstić information content (AvgIpc) is 2.83. The first-order valence-electron chi connectivity index (χ1n) is 10.4. The Hall–Kier alpha value is -1.63. The smallest absolute Gasteiger partial charge is 0.139 e. The molecule has 26 heavy (non-hydrogen) atoms. The van der Waals surface area contributed by atoms with Crippen molar-refractivity contribution in [2.75, 3.05) is 0 Å². The van der Waals surface area contributed by atoms with Crippen molar-refractivity contribution in [3.05, 3.63) is 48.0 Å². The maximum atomic E-state index is 13.2. The number of ketones is 1. The van der Waals surface area contributed by atoms with E-state index in [1.165, 1.54) is 22.8 Å². The van der Waals surface area contributed by atoms with E-state index in [-0.39, 0.29) is 5.41 Å². The maximum absolute atomic E-state index is 13.2. The Morgan fingerprint density at radius 1 is 1.04 bits per heavy atom. The van der Waals surface area contributed by atoms with Gasteiger partial charge < -0.3 is 0 Å². The van der Waals surface area contributed by atoms with Crippen molar-refractivity contribution < 1.29 is 4.79 Å². The zero-order valence-electron chi connectivity index (χ0n) is 16.5. The predicted molar refractivity (Wildman–Crippen MR) is 107 cm³/mol. The van der Waals surface area contributed by atoms with Gasteiger partial charge in [0.05, 0.1) is 0 Å². The zero-order valence-corrected chi connectivity index (χ0v) is 16.5. The molecule has 0 saturated heterocycles. The van der Waals surface area contributed by atoms with Gasteiger partial charge in [-0.15, -0.1) is 0 Å². The van der Waals surface area contributed by atoms with Gasteiger partial charge in [0.25, 0.3) is 0 Å². The predicted octanol–water partition coefficient (Wildman–Crippen LogP) is 6.22. The molecule has 1 nitrogen and oxygen atoms in total. The molecule has 4 aliphatic carbocycles. The molecule has 0 unspecified atom stereocenters. The standard InChI is InChI=1S/C25H30O/c1-15(2)19-13-24(3)14-25(4)21(26)12-20(24)22(19)23(25)18-11-7-9-16-8-5-6-10-17(16)18/h5-11,15,19-20,22-23H,12-14H2,1-4H3/t19-,20+,22-,23-,24+,25-/m0/s1. The van der Waals surface area contributed by atoms with E-state index < -0.39 is 0 Å². The van der Waals surface area contributed by atoms with E-state index in [2.05, 4.69) is 70.2 Å². The van der Waals surface area contributed by atoms with Crippen molar-refractivity contribution in [2.45, 2.75) is 52.9 Å². The normalized spacial score (nSPS) is 41.3. The van der Waals surface area contributed by atoms with Crippen LogP contribution in [0, 0.1) is 34.5 Å². The van der Waals surface area contributed by atoms with Gasteiger partial charge in [0.1, 0.15) is 5.78 Å². The molecule has 6 atom stereocenters. The van der Waals surface area contributed by atoms with E-state index in [9.17, 15) is 4.79 Å². The lowest BCUT2D eigenvalue weighted by Gasteiger charge is -2.58. The fourth-order valence-electron chi connectivity index (χ4n) is 7.49. The van der Waals surface area contributed by atoms with Gasteiger partial charge in [-0.2, -0.15) is 0 Å². The molecule has 4 bridgehead atoms. The van der Waals surface area contributed by atoms with Crippen molar-refractivity contribution in [3.63, 3.8) is 0 Å². The number of hydrogen-bond acceptors (Lipinski definition) is 1. The first-order chi connectivity index (χ1) is 12.3. The third-order valence-corrected chi connectivity index (χ3v) is 8.46. The number of benzene rings is 2. The minimum atomic E-state index is -0.193. The molecule has 2 aromatic rings. The summed E-state index contributed by atoms with van der Waals surface area (Å²) < 4.78 is 0. The summed E-state index contributed by atoms with van der Waals surface area (Å²) in [7, 11) is 0. The quantitative estimate of drug-likeness (QED) is 0.631. The second-order valence-corrected chi connectivity index (χ2v) is 10.2. The summed E-state index contributed by atoms with van der Waals surface area (Å²) in [4.78, 5) is 13.2. The van der Waals surface area contributed by atoms with Crippen LogP contribution >= 0.6 is 0 Å². The molecule has 0 aromatic heterocycles. The highest BCUT2D eigenvalue weighted by Crippen LogP contribution is 2.73. The van der Waals surface area contributed by atoms with Crippen LogP contribution in [0.2, 0.25) is 0 Å². The second kappa shape index (κ2) is 5.21. The Bertz CT molecular complexity index is 891. The third kappa shape index (κ3) is 1.95. The summed E-state index contributed by atoms with van der Waals surface area (Å²) in [6, 6.07) is 15.5. The molecule has 2 aromatic carbocycles. The number of Topliss-reactive ketones (excluding diaryl/α,β-unsaturated/α-hetero) is 1. The fraction of sp³-hybridized carbons (Fsp3) is 0.560. The monoisotopic (exact) mass is 346 g/mol. The molecule has 0 spiro atoms. The third-order valence-electron chi connectivity index (χ3n) is 8.46. The second-order valence-electron chi connectivity index (χ2n) is 10.2. The minimum absolute atomic E-state index is 0.193. The molecule has 4 saturated carbocycles. The summed E-state index contributed by atoms with van der Waals surface area (Å²) in [5.41, 5.74) is 1.61. The van der Waals surface area contributed by atoms with Gasteiger partial charge in [0.2, 0.25) is 0 Å². The first-order valence-corrected chi connectivity index (χ1v) is 10.4. The Labute approximate surface area is 157 Å². The molecule has 6 rings (SSSR count). The van der Waals surface area contributed by atoms with E-state index in [0.717, 1.165) is 18.8 Å². The largest absolute Gasteiger partial charge is 0.299 e. The van der Waals surface area contributed by atoms with Gasteiger partial charge >= 0.3 is 0 Å². The molecule has 0 radical (unpaired) electrons. The van der Waals surface area contributed by atoms with Gasteiger partial charge in [-0.25, -0.2) is 0 Å². The molecular formula is C25H30O. The number of rotatable bonds is 2. The van der Waals surface area contributed by atoms with Gasteiger partial charge in [-0.05, 0) is 58.3 Å². The minimum Gasteiger partial charge on any atom is -0.299 e. The first kappa shape index (κ1) is 16.5. The summed E-state index contributed by atoms with van der Waals surface area (Å²) in [5.74, 6) is 3.57. The molecule has 0 N–H and O–H groups in total. The van der Waals surface area contributed by atoms with Crippen molar-refractivity contribution in [2.24, 2.45) is 34.5 Å². The van der Waals surface area contributed by atoms with Crippen LogP contribution in [0.15, 0.2) is 42.5 Å². The van der Waals surface area contributed by atoms with Crippen LogP contribution in [0.4, 0.5) is 0 Å². The van der Waals surface area contributed by atoms with Crippen LogP contribution in [0.5, 0.6) is 0 Å². The summed E-state index contributed by atoms with van der Waals surface area (Å²) in [6.45, 7) is 9.57. The van der Waals surface area contributed by atoms with Gasteiger partial charge in [0, 0.05) is 17.8 Å². The molecule has 136 valence electrons. The van der Waals surface area contributed by atoms with Crippen LogP contribution in [0.3, 0.4) is 0 Å². The lowest BCUT2D eigenvalue weighted by molar-refractivity contribution is -0.151. The Morgan fingerprint density at radius 2 is 1.77 bits per heavy atom. The Morgan fingerprint density at radius 3 is 2.54 bits per heavy atom. The molecule has 0 amide bonds. The molecule has 4 aliphatic rings. The highest BCUT2D eigenvalue weighted by Gasteiger charge is 2.69. The van der Waals surface area contributed by atoms with Crippen LogP contribution in [-0.4, -0.2) is 5.78 Å². The lowest BCUT2D eigenvalue weighted by atomic mass is 9.44. The fourth-order valence-corrected chi connectivity index (χ4v) is 7.49. The van der Waals surface area contributed by atoms with Crippen molar-refractivity contribution in [3.8, 4) is 0 Å². The van der Waals surface area contributed by atoms with E-state index >= 15 is 0 Å². The number of carbonyl (C=O) groups is 1. The molecular weight excluding hydrogens is 316 g/mol. The number of hydrogen-bond donors (Lipinski definition) is 0. The summed E-state index contributed by atoms with van der Waals surface area (Å²) >= 11 is 0. The summed E-state index contributed by atoms with van der Waals surface area (Å²) in [6.07, 6.45) is 3.21. The van der Waals surface area contributed by atoms with Crippen molar-refractivity contribution in [1.29, 1.82) is 0 Å². The average molecular weight is 347 g/mol. The van der Waals surface area contributed by atoms with Crippen LogP contribution in [0.25, 0.3) is 10.8 Å². The van der Waals surface area contributed by atoms with E-state index in [1.807, 2.05) is 0 Å². The summed E-state index contributed by atoms with van der Waals surface area (Å²) in [5, 5.41) is 2.67. The maximum Gasteiger partial charge on any atom is 0.139 e. The van der Waals surface area contributed by atoms with Gasteiger partial charge in [-0.1, -0.05) is 70.2 Å². The molecule has 0 heterocycles. The number of carbonyl (C=O) groups excluding carboxylic acids is 1. The van der Waals surface area contributed by atoms with Crippen LogP contribution < -0.4 is 0 Å². The lowest BCUT2D eigenvalue weighted by Crippen LogP contribution is -2.56. The van der Waals surface area contributed by atoms with Crippen LogP contribution in [-0.2, 0) is 4.79 Å². The molecule has 0 aliphatic heterocycles. The van der Waals surface area contributed by atoms with Crippen LogP contribution in [0.1, 0.15) is 58.4 Å². The van der Waals surface area contributed by atoms with Crippen molar-refractivity contribution >= 4 is 16.6 Å². The van der Waals surface area contributed by atoms with Gasteiger partial charge in [0.15, 0.2) is 0 Å². The number of fused-ring (bicyclic) bond motifs is 2. The van der Waals surface area contributed by atoms with E-state index in [0.29, 0.717) is 34.9 Å². The zero-order chi connectivity index (χ0) is 18.3. The Balaban J connectivity index is 1.75. The SMILES string of the molecule is CC(C)[C@@H]1C[C@]2(C)C[C@@]3(C)C(=O)C[C@@H]2[C@H]1[C@@H]3c1cccc2ccccc12. The topological polar surface area (TPSA) is 17.1 Å². The van der Waals surface area contributed by atoms with Crippen molar-refractivity contribution in [1.82, 2.24) is 0 Å². The molecule has 1 heteroatoms.